The molecule has 0 aliphatic carbocycles. The number of rotatable bonds is 5. The number of para-hydroxylation sites is 1. The molecule has 1 N–H and O–H groups in total. The van der Waals surface area contributed by atoms with Gasteiger partial charge in [-0.15, -0.1) is 0 Å². The third-order valence-electron chi connectivity index (χ3n) is 4.54. The van der Waals surface area contributed by atoms with Gasteiger partial charge in [0.2, 0.25) is 0 Å². The van der Waals surface area contributed by atoms with Gasteiger partial charge in [-0.2, -0.15) is 0 Å². The summed E-state index contributed by atoms with van der Waals surface area (Å²) in [6.07, 6.45) is 2.48. The average molecular weight is 342 g/mol. The van der Waals surface area contributed by atoms with Crippen LogP contribution in [0.5, 0.6) is 0 Å². The van der Waals surface area contributed by atoms with E-state index in [0.29, 0.717) is 12.6 Å². The number of ether oxygens (including phenoxy) is 1. The molecule has 132 valence electrons. The lowest BCUT2D eigenvalue weighted by atomic mass is 10.1. The van der Waals surface area contributed by atoms with Crippen LogP contribution in [0.25, 0.3) is 0 Å². The van der Waals surface area contributed by atoms with Gasteiger partial charge >= 0.3 is 5.97 Å². The van der Waals surface area contributed by atoms with Crippen molar-refractivity contribution in [1.29, 1.82) is 0 Å². The lowest BCUT2D eigenvalue weighted by molar-refractivity contribution is -0.142. The summed E-state index contributed by atoms with van der Waals surface area (Å²) < 4.78 is 10.0. The minimum Gasteiger partial charge on any atom is -0.467 e. The summed E-state index contributed by atoms with van der Waals surface area (Å²) in [4.78, 5) is 26.2. The van der Waals surface area contributed by atoms with Crippen LogP contribution >= 0.6 is 0 Å². The molecule has 6 nitrogen and oxygen atoms in total. The smallest absolute Gasteiger partial charge is 0.328 e. The Bertz CT molecular complexity index is 783. The zero-order chi connectivity index (χ0) is 18.0. The molecule has 6 heteroatoms. The molecule has 1 aliphatic heterocycles. The molecule has 1 amide bonds. The first-order valence-electron chi connectivity index (χ1n) is 8.31. The second-order valence-electron chi connectivity index (χ2n) is 6.30. The van der Waals surface area contributed by atoms with Gasteiger partial charge in [0.1, 0.15) is 6.04 Å². The molecule has 1 aromatic heterocycles. The van der Waals surface area contributed by atoms with Gasteiger partial charge in [0.25, 0.3) is 5.91 Å². The Labute approximate surface area is 146 Å². The maximum Gasteiger partial charge on any atom is 0.328 e. The topological polar surface area (TPSA) is 71.8 Å². The van der Waals surface area contributed by atoms with Crippen LogP contribution in [0, 0.1) is 0 Å². The van der Waals surface area contributed by atoms with Crippen LogP contribution in [0.4, 0.5) is 5.69 Å². The lowest BCUT2D eigenvalue weighted by Gasteiger charge is -2.24. The predicted octanol–water partition coefficient (Wildman–Crippen LogP) is 2.52. The van der Waals surface area contributed by atoms with E-state index in [9.17, 15) is 9.59 Å². The zero-order valence-electron chi connectivity index (χ0n) is 14.6. The number of amides is 1. The first-order chi connectivity index (χ1) is 12.0. The summed E-state index contributed by atoms with van der Waals surface area (Å²) in [5.74, 6) is -0.686. The maximum absolute atomic E-state index is 12.4. The number of carbonyl (C=O) groups excluding carboxylic acids is 2. The van der Waals surface area contributed by atoms with Gasteiger partial charge in [-0.3, -0.25) is 4.79 Å². The number of hydrogen-bond acceptors (Lipinski definition) is 5. The molecular formula is C19H22N2O4. The van der Waals surface area contributed by atoms with E-state index in [0.717, 1.165) is 12.0 Å². The van der Waals surface area contributed by atoms with E-state index in [1.807, 2.05) is 12.1 Å². The summed E-state index contributed by atoms with van der Waals surface area (Å²) >= 11 is 0. The molecule has 0 spiro atoms. The Hall–Kier alpha value is -2.76. The molecule has 25 heavy (non-hydrogen) atoms. The van der Waals surface area contributed by atoms with E-state index in [1.165, 1.54) is 24.6 Å². The Morgan fingerprint density at radius 2 is 2.12 bits per heavy atom. The number of carbonyl (C=O) groups is 2. The second-order valence-corrected chi connectivity index (χ2v) is 6.30. The minimum atomic E-state index is -0.734. The third-order valence-corrected chi connectivity index (χ3v) is 4.54. The van der Waals surface area contributed by atoms with Crippen LogP contribution in [0.1, 0.15) is 35.5 Å². The third kappa shape index (κ3) is 3.38. The summed E-state index contributed by atoms with van der Waals surface area (Å²) in [6, 6.07) is 9.69. The first-order valence-corrected chi connectivity index (χ1v) is 8.31. The molecule has 3 rings (SSSR count). The first kappa shape index (κ1) is 17.1. The van der Waals surface area contributed by atoms with E-state index in [4.69, 9.17) is 4.42 Å². The largest absolute Gasteiger partial charge is 0.467 e. The number of anilines is 1. The van der Waals surface area contributed by atoms with E-state index in [-0.39, 0.29) is 5.76 Å². The molecule has 1 aromatic carbocycles. The molecule has 2 aromatic rings. The summed E-state index contributed by atoms with van der Waals surface area (Å²) in [7, 11) is 1.29. The van der Waals surface area contributed by atoms with Crippen LogP contribution < -0.4 is 10.2 Å². The standard InChI is InChI=1S/C19H22N2O4/c1-12-10-14-6-4-5-7-16(14)21(12)11-15-8-9-25-17(15)18(22)20-13(2)19(23)24-3/h4-9,12-13H,10-11H2,1-3H3,(H,20,22)/t12-,13+/m1/s1. The maximum atomic E-state index is 12.4. The van der Waals surface area contributed by atoms with Crippen molar-refractivity contribution in [2.24, 2.45) is 0 Å². The van der Waals surface area contributed by atoms with E-state index >= 15 is 0 Å². The van der Waals surface area contributed by atoms with Gasteiger partial charge in [0.15, 0.2) is 5.76 Å². The van der Waals surface area contributed by atoms with Crippen molar-refractivity contribution < 1.29 is 18.7 Å². The summed E-state index contributed by atoms with van der Waals surface area (Å²) in [6.45, 7) is 4.31. The van der Waals surface area contributed by atoms with Gasteiger partial charge in [-0.1, -0.05) is 18.2 Å². The number of fused-ring (bicyclic) bond motifs is 1. The monoisotopic (exact) mass is 342 g/mol. The normalized spacial score (nSPS) is 17.1. The fourth-order valence-corrected chi connectivity index (χ4v) is 3.21. The highest BCUT2D eigenvalue weighted by molar-refractivity contribution is 5.95. The van der Waals surface area contributed by atoms with Crippen LogP contribution in [0.2, 0.25) is 0 Å². The minimum absolute atomic E-state index is 0.229. The molecule has 0 saturated heterocycles. The summed E-state index contributed by atoms with van der Waals surface area (Å²) in [5, 5.41) is 2.60. The molecule has 0 bridgehead atoms. The number of nitrogens with zero attached hydrogens (tertiary/aromatic N) is 1. The molecular weight excluding hydrogens is 320 g/mol. The Morgan fingerprint density at radius 1 is 1.36 bits per heavy atom. The highest BCUT2D eigenvalue weighted by atomic mass is 16.5. The van der Waals surface area contributed by atoms with Crippen LogP contribution in [0.3, 0.4) is 0 Å². The Morgan fingerprint density at radius 3 is 2.88 bits per heavy atom. The number of methoxy groups -OCH3 is 1. The molecule has 0 saturated carbocycles. The lowest BCUT2D eigenvalue weighted by Crippen LogP contribution is -2.39. The number of furan rings is 1. The van der Waals surface area contributed by atoms with Crippen LogP contribution in [-0.4, -0.2) is 31.1 Å². The van der Waals surface area contributed by atoms with Crippen molar-refractivity contribution in [3.63, 3.8) is 0 Å². The van der Waals surface area contributed by atoms with Gasteiger partial charge in [-0.05, 0) is 38.0 Å². The molecule has 2 atom stereocenters. The van der Waals surface area contributed by atoms with Crippen molar-refractivity contribution in [3.05, 3.63) is 53.5 Å². The SMILES string of the molecule is COC(=O)[C@H](C)NC(=O)c1occc1CN1c2ccccc2C[C@H]1C. The second kappa shape index (κ2) is 7.01. The Balaban J connectivity index is 1.76. The zero-order valence-corrected chi connectivity index (χ0v) is 14.6. The van der Waals surface area contributed by atoms with Crippen molar-refractivity contribution in [1.82, 2.24) is 5.32 Å². The quantitative estimate of drug-likeness (QED) is 0.846. The van der Waals surface area contributed by atoms with Crippen molar-refractivity contribution in [2.45, 2.75) is 38.9 Å². The fourth-order valence-electron chi connectivity index (χ4n) is 3.21. The van der Waals surface area contributed by atoms with Gasteiger partial charge in [0, 0.05) is 23.8 Å². The molecule has 0 unspecified atom stereocenters. The molecule has 1 aliphatic rings. The number of nitrogens with one attached hydrogen (secondary N) is 1. The van der Waals surface area contributed by atoms with Crippen molar-refractivity contribution >= 4 is 17.6 Å². The summed E-state index contributed by atoms with van der Waals surface area (Å²) in [5.41, 5.74) is 3.28. The van der Waals surface area contributed by atoms with E-state index in [1.54, 1.807) is 13.0 Å². The van der Waals surface area contributed by atoms with E-state index in [2.05, 4.69) is 34.0 Å². The number of esters is 1. The number of benzene rings is 1. The predicted molar refractivity (Wildman–Crippen MR) is 93.4 cm³/mol. The molecule has 0 radical (unpaired) electrons. The highest BCUT2D eigenvalue weighted by Crippen LogP contribution is 2.33. The van der Waals surface area contributed by atoms with Gasteiger partial charge < -0.3 is 19.4 Å². The van der Waals surface area contributed by atoms with Gasteiger partial charge in [0.05, 0.1) is 13.4 Å². The van der Waals surface area contributed by atoms with Crippen LogP contribution in [-0.2, 0) is 22.5 Å². The van der Waals surface area contributed by atoms with Gasteiger partial charge in [-0.25, -0.2) is 4.79 Å². The van der Waals surface area contributed by atoms with Crippen molar-refractivity contribution in [2.75, 3.05) is 12.0 Å². The van der Waals surface area contributed by atoms with E-state index < -0.39 is 17.9 Å². The molecule has 0 fully saturated rings. The van der Waals surface area contributed by atoms with Crippen LogP contribution in [0.15, 0.2) is 41.0 Å². The highest BCUT2D eigenvalue weighted by Gasteiger charge is 2.28. The van der Waals surface area contributed by atoms with Crippen molar-refractivity contribution in [3.8, 4) is 0 Å². The number of hydrogen-bond donors (Lipinski definition) is 1. The average Bonchev–Trinajstić information content (AvgIpc) is 3.19. The molecule has 2 heterocycles. The Kier molecular flexibility index (Phi) is 4.79. The fraction of sp³-hybridized carbons (Fsp3) is 0.368.